The van der Waals surface area contributed by atoms with Gasteiger partial charge in [0, 0.05) is 19.0 Å². The molecule has 0 aliphatic heterocycles. The fraction of sp³-hybridized carbons (Fsp3) is 0.362. The molecule has 0 heterocycles. The highest BCUT2D eigenvalue weighted by molar-refractivity contribution is 5.91. The summed E-state index contributed by atoms with van der Waals surface area (Å²) in [6.45, 7) is 8.37. The normalized spacial score (nSPS) is 13.5. The van der Waals surface area contributed by atoms with Crippen LogP contribution in [0.5, 0.6) is 0 Å². The Balaban J connectivity index is 1.70. The Morgan fingerprint density at radius 3 is 1.66 bits per heavy atom. The van der Waals surface area contributed by atoms with Gasteiger partial charge in [0.2, 0.25) is 0 Å². The van der Waals surface area contributed by atoms with E-state index >= 15 is 0 Å². The van der Waals surface area contributed by atoms with Crippen LogP contribution >= 0.6 is 0 Å². The van der Waals surface area contributed by atoms with Crippen LogP contribution in [0.3, 0.4) is 0 Å². The Labute approximate surface area is 357 Å². The van der Waals surface area contributed by atoms with E-state index in [9.17, 15) is 29.2 Å². The van der Waals surface area contributed by atoms with E-state index in [1.165, 1.54) is 5.01 Å². The van der Waals surface area contributed by atoms with Crippen LogP contribution in [0.1, 0.15) is 74.9 Å². The number of hydrogen-bond donors (Lipinski definition) is 4. The van der Waals surface area contributed by atoms with E-state index in [1.807, 2.05) is 48.5 Å². The number of carbonyl (C=O) groups excluding carboxylic acids is 5. The molecule has 61 heavy (non-hydrogen) atoms. The summed E-state index contributed by atoms with van der Waals surface area (Å²) < 4.78 is 17.0. The molecule has 3 amide bonds. The van der Waals surface area contributed by atoms with Crippen LogP contribution in [0.25, 0.3) is 0 Å². The average molecular weight is 833 g/mol. The van der Waals surface area contributed by atoms with Crippen LogP contribution in [0.4, 0.5) is 9.59 Å². The number of hydrazine groups is 1. The molecule has 0 bridgehead atoms. The second-order valence-electron chi connectivity index (χ2n) is 15.3. The molecule has 5 atom stereocenters. The van der Waals surface area contributed by atoms with Gasteiger partial charge in [-0.3, -0.25) is 19.8 Å². The summed E-state index contributed by atoms with van der Waals surface area (Å²) in [5.41, 5.74) is 13.0. The highest BCUT2D eigenvalue weighted by Crippen LogP contribution is 2.29. The maximum Gasteiger partial charge on any atom is 0.408 e. The number of ketones is 1. The van der Waals surface area contributed by atoms with E-state index in [2.05, 4.69) is 22.1 Å². The van der Waals surface area contributed by atoms with Gasteiger partial charge in [-0.05, 0) is 46.2 Å². The number of alkyl carbamates (subject to hydrolysis) is 2. The first-order chi connectivity index (χ1) is 29.3. The van der Waals surface area contributed by atoms with E-state index in [-0.39, 0.29) is 32.7 Å². The van der Waals surface area contributed by atoms with Crippen molar-refractivity contribution in [3.63, 3.8) is 0 Å². The molecule has 0 spiro atoms. The molecule has 0 aliphatic rings. The third-order valence-corrected chi connectivity index (χ3v) is 9.89. The number of nitrogens with zero attached hydrogens (tertiary/aromatic N) is 2. The molecule has 0 aromatic heterocycles. The van der Waals surface area contributed by atoms with Gasteiger partial charge in [-0.1, -0.05) is 138 Å². The van der Waals surface area contributed by atoms with E-state index in [0.29, 0.717) is 16.7 Å². The van der Waals surface area contributed by atoms with Gasteiger partial charge >= 0.3 is 18.2 Å². The Kier molecular flexibility index (Phi) is 18.5. The molecule has 14 nitrogen and oxygen atoms in total. The van der Waals surface area contributed by atoms with Crippen molar-refractivity contribution in [3.05, 3.63) is 143 Å². The number of benzene rings is 4. The molecule has 4 rings (SSSR count). The quantitative estimate of drug-likeness (QED) is 0.0406. The van der Waals surface area contributed by atoms with Crippen molar-refractivity contribution < 1.29 is 38.2 Å². The maximum atomic E-state index is 15.0. The number of nitrogens with one attached hydrogen (secondary N) is 3. The topological polar surface area (TPSA) is 202 Å². The number of ether oxygens (including phenoxy) is 3. The van der Waals surface area contributed by atoms with Crippen LogP contribution in [0, 0.1) is 29.1 Å². The zero-order chi connectivity index (χ0) is 44.3. The number of nitriles is 1. The van der Waals surface area contributed by atoms with E-state index in [1.54, 1.807) is 101 Å². The standard InChI is InChI=1S/C47H56N6O8/c1-6-39(54)61-38(40(41(49)37-20-14-9-15-21-37)44(55)42(31(2)3)50-46(57)59-29-35-16-10-7-11-17-35)28-53(27-34-24-22-33(26-48)23-25-34)52-45(56)43(32(4)5)51-47(58)60-30-36-18-12-8-13-19-36/h7-25,31-32,38,40-43H,6,27-30,49H2,1-5H3,(H,50,57)(H,51,58)(H,52,56)/t38-,40-,41?,42+,43+/m1/s1. The fourth-order valence-electron chi connectivity index (χ4n) is 6.54. The highest BCUT2D eigenvalue weighted by Gasteiger charge is 2.43. The number of hydrogen-bond acceptors (Lipinski definition) is 11. The molecule has 0 fully saturated rings. The van der Waals surface area contributed by atoms with Gasteiger partial charge in [0.1, 0.15) is 25.4 Å². The largest absolute Gasteiger partial charge is 0.460 e. The summed E-state index contributed by atoms with van der Waals surface area (Å²) in [6, 6.07) is 32.5. The predicted molar refractivity (Wildman–Crippen MR) is 229 cm³/mol. The van der Waals surface area contributed by atoms with Gasteiger partial charge in [0.25, 0.3) is 5.91 Å². The smallest absolute Gasteiger partial charge is 0.408 e. The second-order valence-corrected chi connectivity index (χ2v) is 15.3. The lowest BCUT2D eigenvalue weighted by Gasteiger charge is -2.37. The van der Waals surface area contributed by atoms with Gasteiger partial charge in [-0.2, -0.15) is 5.26 Å². The summed E-state index contributed by atoms with van der Waals surface area (Å²) in [5.74, 6) is -3.91. The third-order valence-electron chi connectivity index (χ3n) is 9.89. The van der Waals surface area contributed by atoms with Gasteiger partial charge < -0.3 is 30.6 Å². The Hall–Kier alpha value is -6.56. The number of Topliss-reactive ketones (excluding diaryl/α,β-unsaturated/α-hetero) is 1. The Morgan fingerprint density at radius 1 is 0.689 bits per heavy atom. The van der Waals surface area contributed by atoms with Gasteiger partial charge in [0.05, 0.1) is 30.1 Å². The van der Waals surface area contributed by atoms with Crippen molar-refractivity contribution in [2.45, 2.75) is 85.0 Å². The minimum atomic E-state index is -1.29. The molecule has 4 aromatic carbocycles. The van der Waals surface area contributed by atoms with Gasteiger partial charge in [0.15, 0.2) is 5.78 Å². The molecule has 322 valence electrons. The average Bonchev–Trinajstić information content (AvgIpc) is 3.26. The maximum absolute atomic E-state index is 15.0. The lowest BCUT2D eigenvalue weighted by atomic mass is 9.80. The Morgan fingerprint density at radius 2 is 1.18 bits per heavy atom. The molecule has 0 saturated carbocycles. The first kappa shape index (κ1) is 47.1. The fourth-order valence-corrected chi connectivity index (χ4v) is 6.54. The van der Waals surface area contributed by atoms with Crippen LogP contribution in [-0.4, -0.2) is 59.6 Å². The number of esters is 1. The van der Waals surface area contributed by atoms with Crippen molar-refractivity contribution in [2.24, 2.45) is 23.5 Å². The van der Waals surface area contributed by atoms with Crippen LogP contribution in [-0.2, 0) is 48.4 Å². The Bertz CT molecular complexity index is 2060. The number of nitrogens with two attached hydrogens (primary N) is 1. The zero-order valence-electron chi connectivity index (χ0n) is 35.3. The molecule has 0 saturated heterocycles. The zero-order valence-corrected chi connectivity index (χ0v) is 35.3. The van der Waals surface area contributed by atoms with Crippen molar-refractivity contribution in [1.29, 1.82) is 5.26 Å². The SMILES string of the molecule is CCC(=O)O[C@H](CN(Cc1ccc(C#N)cc1)NC(=O)[C@@H](NC(=O)OCc1ccccc1)C(C)C)[C@@H](C(=O)[C@@H](NC(=O)OCc1ccccc1)C(C)C)C(N)c1ccccc1. The van der Waals surface area contributed by atoms with Gasteiger partial charge in [-0.25, -0.2) is 14.6 Å². The minimum absolute atomic E-state index is 0.0114. The molecular weight excluding hydrogens is 777 g/mol. The van der Waals surface area contributed by atoms with Crippen molar-refractivity contribution >= 4 is 29.8 Å². The molecule has 0 aliphatic carbocycles. The van der Waals surface area contributed by atoms with Crippen molar-refractivity contribution in [2.75, 3.05) is 6.54 Å². The number of carbonyl (C=O) groups is 5. The molecular formula is C47H56N6O8. The van der Waals surface area contributed by atoms with Crippen LogP contribution in [0.2, 0.25) is 0 Å². The van der Waals surface area contributed by atoms with Gasteiger partial charge in [-0.15, -0.1) is 0 Å². The van der Waals surface area contributed by atoms with Crippen LogP contribution < -0.4 is 21.8 Å². The molecule has 5 N–H and O–H groups in total. The van der Waals surface area contributed by atoms with E-state index in [4.69, 9.17) is 19.9 Å². The minimum Gasteiger partial charge on any atom is -0.460 e. The summed E-state index contributed by atoms with van der Waals surface area (Å²) in [6.07, 6.45) is -2.96. The first-order valence-corrected chi connectivity index (χ1v) is 20.3. The molecule has 14 heteroatoms. The summed E-state index contributed by atoms with van der Waals surface area (Å²) >= 11 is 0. The van der Waals surface area contributed by atoms with E-state index < -0.39 is 71.8 Å². The molecule has 4 aromatic rings. The number of rotatable bonds is 21. The van der Waals surface area contributed by atoms with E-state index in [0.717, 1.165) is 11.1 Å². The number of amides is 3. The van der Waals surface area contributed by atoms with Crippen molar-refractivity contribution in [1.82, 2.24) is 21.1 Å². The van der Waals surface area contributed by atoms with Crippen molar-refractivity contribution in [3.8, 4) is 6.07 Å². The lowest BCUT2D eigenvalue weighted by molar-refractivity contribution is -0.157. The summed E-state index contributed by atoms with van der Waals surface area (Å²) in [4.78, 5) is 68.6. The predicted octanol–water partition coefficient (Wildman–Crippen LogP) is 6.50. The highest BCUT2D eigenvalue weighted by atomic mass is 16.6. The molecule has 1 unspecified atom stereocenters. The third kappa shape index (κ3) is 14.9. The second kappa shape index (κ2) is 23.9. The summed E-state index contributed by atoms with van der Waals surface area (Å²) in [7, 11) is 0. The monoisotopic (exact) mass is 832 g/mol. The lowest BCUT2D eigenvalue weighted by Crippen LogP contribution is -2.58. The molecule has 0 radical (unpaired) electrons. The summed E-state index contributed by atoms with van der Waals surface area (Å²) in [5, 5.41) is 16.3. The van der Waals surface area contributed by atoms with Crippen LogP contribution in [0.15, 0.2) is 115 Å². The first-order valence-electron chi connectivity index (χ1n) is 20.3.